The van der Waals surface area contributed by atoms with Gasteiger partial charge in [-0.25, -0.2) is 0 Å². The minimum atomic E-state index is -0.830. The minimum absolute atomic E-state index is 0.00134. The van der Waals surface area contributed by atoms with Crippen molar-refractivity contribution in [3.63, 3.8) is 0 Å². The van der Waals surface area contributed by atoms with E-state index in [9.17, 15) is 4.21 Å². The molecule has 0 amide bonds. The van der Waals surface area contributed by atoms with Crippen LogP contribution < -0.4 is 5.73 Å². The third kappa shape index (κ3) is 3.37. The third-order valence-corrected chi connectivity index (χ3v) is 4.42. The molecule has 94 valence electrons. The highest BCUT2D eigenvalue weighted by atomic mass is 32.2. The van der Waals surface area contributed by atoms with E-state index in [1.54, 1.807) is 0 Å². The third-order valence-electron chi connectivity index (χ3n) is 3.01. The second-order valence-electron chi connectivity index (χ2n) is 4.26. The van der Waals surface area contributed by atoms with Gasteiger partial charge in [-0.05, 0) is 30.5 Å². The maximum absolute atomic E-state index is 11.9. The first-order valence-corrected chi connectivity index (χ1v) is 7.54. The van der Waals surface area contributed by atoms with Gasteiger partial charge in [0.25, 0.3) is 0 Å². The smallest absolute Gasteiger partial charge is 0.0942 e. The fourth-order valence-corrected chi connectivity index (χ4v) is 3.38. The zero-order valence-electron chi connectivity index (χ0n) is 9.93. The summed E-state index contributed by atoms with van der Waals surface area (Å²) in [6, 6.07) is 8.28. The average molecular weight is 253 g/mol. The molecule has 0 aliphatic carbocycles. The second-order valence-corrected chi connectivity index (χ2v) is 5.88. The summed E-state index contributed by atoms with van der Waals surface area (Å²) in [5.41, 5.74) is 7.96. The van der Waals surface area contributed by atoms with Gasteiger partial charge in [-0.15, -0.1) is 0 Å². The van der Waals surface area contributed by atoms with E-state index in [1.807, 2.05) is 12.1 Å². The number of nitrogens with two attached hydrogens (primary N) is 1. The normalized spacial score (nSPS) is 20.9. The van der Waals surface area contributed by atoms with Crippen molar-refractivity contribution in [3.8, 4) is 0 Å². The highest BCUT2D eigenvalue weighted by molar-refractivity contribution is 7.85. The van der Waals surface area contributed by atoms with Crippen LogP contribution in [-0.2, 0) is 22.0 Å². The Bertz CT molecular complexity index is 395. The van der Waals surface area contributed by atoms with Crippen molar-refractivity contribution in [2.45, 2.75) is 18.9 Å². The zero-order chi connectivity index (χ0) is 12.1. The van der Waals surface area contributed by atoms with Gasteiger partial charge in [0.1, 0.15) is 0 Å². The largest absolute Gasteiger partial charge is 0.372 e. The van der Waals surface area contributed by atoms with E-state index in [0.29, 0.717) is 18.1 Å². The molecule has 0 saturated heterocycles. The Morgan fingerprint density at radius 1 is 1.41 bits per heavy atom. The summed E-state index contributed by atoms with van der Waals surface area (Å²) in [6.07, 6.45) is 1.78. The summed E-state index contributed by atoms with van der Waals surface area (Å²) >= 11 is 0. The van der Waals surface area contributed by atoms with Crippen molar-refractivity contribution in [1.29, 1.82) is 0 Å². The lowest BCUT2D eigenvalue weighted by atomic mass is 9.99. The van der Waals surface area contributed by atoms with Crippen LogP contribution >= 0.6 is 0 Å². The Morgan fingerprint density at radius 2 is 2.24 bits per heavy atom. The first-order valence-electron chi connectivity index (χ1n) is 6.05. The van der Waals surface area contributed by atoms with Gasteiger partial charge in [-0.1, -0.05) is 24.3 Å². The van der Waals surface area contributed by atoms with Gasteiger partial charge in [-0.3, -0.25) is 4.21 Å². The lowest BCUT2D eigenvalue weighted by Crippen LogP contribution is -2.22. The van der Waals surface area contributed by atoms with Crippen LogP contribution in [0.4, 0.5) is 0 Å². The lowest BCUT2D eigenvalue weighted by Gasteiger charge is -2.25. The maximum Gasteiger partial charge on any atom is 0.0942 e. The fraction of sp³-hybridized carbons (Fsp3) is 0.538. The van der Waals surface area contributed by atoms with Crippen LogP contribution in [0, 0.1) is 0 Å². The van der Waals surface area contributed by atoms with Crippen LogP contribution in [0.3, 0.4) is 0 Å². The molecule has 17 heavy (non-hydrogen) atoms. The van der Waals surface area contributed by atoms with Crippen molar-refractivity contribution in [1.82, 2.24) is 0 Å². The van der Waals surface area contributed by atoms with Crippen LogP contribution in [0.25, 0.3) is 0 Å². The number of hydrogen-bond acceptors (Lipinski definition) is 3. The highest BCUT2D eigenvalue weighted by Crippen LogP contribution is 2.27. The lowest BCUT2D eigenvalue weighted by molar-refractivity contribution is 0.0582. The summed E-state index contributed by atoms with van der Waals surface area (Å²) in [7, 11) is -0.830. The Morgan fingerprint density at radius 3 is 3.06 bits per heavy atom. The molecule has 3 nitrogen and oxygen atoms in total. The molecular weight excluding hydrogens is 234 g/mol. The molecule has 0 saturated carbocycles. The maximum atomic E-state index is 11.9. The predicted octanol–water partition coefficient (Wildman–Crippen LogP) is 1.40. The summed E-state index contributed by atoms with van der Waals surface area (Å²) in [4.78, 5) is 0. The Labute approximate surface area is 105 Å². The Balaban J connectivity index is 2.01. The fourth-order valence-electron chi connectivity index (χ4n) is 2.11. The predicted molar refractivity (Wildman–Crippen MR) is 70.4 cm³/mol. The van der Waals surface area contributed by atoms with Crippen LogP contribution in [0.5, 0.6) is 0 Å². The average Bonchev–Trinajstić information content (AvgIpc) is 2.37. The first kappa shape index (κ1) is 12.7. The minimum Gasteiger partial charge on any atom is -0.372 e. The van der Waals surface area contributed by atoms with E-state index in [4.69, 9.17) is 10.5 Å². The van der Waals surface area contributed by atoms with Crippen molar-refractivity contribution in [3.05, 3.63) is 35.4 Å². The highest BCUT2D eigenvalue weighted by Gasteiger charge is 2.22. The van der Waals surface area contributed by atoms with E-state index >= 15 is 0 Å². The van der Waals surface area contributed by atoms with E-state index in [0.717, 1.165) is 19.4 Å². The number of hydrogen-bond donors (Lipinski definition) is 1. The van der Waals surface area contributed by atoms with Crippen LogP contribution in [0.2, 0.25) is 0 Å². The van der Waals surface area contributed by atoms with Crippen molar-refractivity contribution < 1.29 is 8.95 Å². The van der Waals surface area contributed by atoms with Gasteiger partial charge in [0.2, 0.25) is 0 Å². The molecule has 0 radical (unpaired) electrons. The molecule has 0 spiro atoms. The van der Waals surface area contributed by atoms with Gasteiger partial charge >= 0.3 is 0 Å². The summed E-state index contributed by atoms with van der Waals surface area (Å²) in [5, 5.41) is 0. The molecule has 2 rings (SSSR count). The van der Waals surface area contributed by atoms with E-state index in [1.165, 1.54) is 11.1 Å². The molecule has 2 atom stereocenters. The van der Waals surface area contributed by atoms with E-state index < -0.39 is 10.8 Å². The van der Waals surface area contributed by atoms with Crippen LogP contribution in [-0.4, -0.2) is 28.9 Å². The Hall–Kier alpha value is -0.710. The number of ether oxygens (including phenoxy) is 1. The van der Waals surface area contributed by atoms with Gasteiger partial charge < -0.3 is 10.5 Å². The molecule has 1 aliphatic heterocycles. The van der Waals surface area contributed by atoms with E-state index in [-0.39, 0.29) is 6.10 Å². The monoisotopic (exact) mass is 253 g/mol. The van der Waals surface area contributed by atoms with Gasteiger partial charge in [0.15, 0.2) is 0 Å². The quantitative estimate of drug-likeness (QED) is 0.863. The van der Waals surface area contributed by atoms with E-state index in [2.05, 4.69) is 12.1 Å². The van der Waals surface area contributed by atoms with Crippen molar-refractivity contribution in [2.24, 2.45) is 5.73 Å². The molecule has 1 aromatic carbocycles. The first-order chi connectivity index (χ1) is 8.31. The molecular formula is C13H19NO2S. The molecule has 2 unspecified atom stereocenters. The molecule has 4 heteroatoms. The molecule has 2 N–H and O–H groups in total. The van der Waals surface area contributed by atoms with Crippen LogP contribution in [0.1, 0.15) is 23.7 Å². The van der Waals surface area contributed by atoms with Crippen molar-refractivity contribution >= 4 is 10.8 Å². The van der Waals surface area contributed by atoms with Crippen LogP contribution in [0.15, 0.2) is 24.3 Å². The number of fused-ring (bicyclic) bond motifs is 1. The summed E-state index contributed by atoms with van der Waals surface area (Å²) in [5.74, 6) is 1.27. The molecule has 1 aromatic rings. The molecule has 1 heterocycles. The second kappa shape index (κ2) is 6.28. The molecule has 0 fully saturated rings. The number of benzene rings is 1. The molecule has 0 aromatic heterocycles. The van der Waals surface area contributed by atoms with Crippen molar-refractivity contribution in [2.75, 3.05) is 24.7 Å². The SMILES string of the molecule is NCCCS(=O)CC1OCCc2ccccc21. The topological polar surface area (TPSA) is 52.3 Å². The zero-order valence-corrected chi connectivity index (χ0v) is 10.7. The Kier molecular flexibility index (Phi) is 4.71. The summed E-state index contributed by atoms with van der Waals surface area (Å²) < 4.78 is 17.6. The summed E-state index contributed by atoms with van der Waals surface area (Å²) in [6.45, 7) is 1.34. The standard InChI is InChI=1S/C13H19NO2S/c14-7-3-9-17(15)10-13-12-5-2-1-4-11(12)6-8-16-13/h1-2,4-5,13H,3,6-10,14H2. The van der Waals surface area contributed by atoms with Gasteiger partial charge in [0, 0.05) is 16.6 Å². The molecule has 1 aliphatic rings. The number of rotatable bonds is 5. The molecule has 0 bridgehead atoms. The van der Waals surface area contributed by atoms with Gasteiger partial charge in [0.05, 0.1) is 18.5 Å². The van der Waals surface area contributed by atoms with Gasteiger partial charge in [-0.2, -0.15) is 0 Å².